The van der Waals surface area contributed by atoms with Crippen LogP contribution in [-0.2, 0) is 17.6 Å². The van der Waals surface area contributed by atoms with Gasteiger partial charge in [0, 0.05) is 30.4 Å². The summed E-state index contributed by atoms with van der Waals surface area (Å²) < 4.78 is 0. The van der Waals surface area contributed by atoms with Crippen molar-refractivity contribution in [1.29, 1.82) is 0 Å². The zero-order chi connectivity index (χ0) is 20.9. The Morgan fingerprint density at radius 3 is 2.63 bits per heavy atom. The van der Waals surface area contributed by atoms with E-state index in [9.17, 15) is 9.59 Å². The highest BCUT2D eigenvalue weighted by molar-refractivity contribution is 7.14. The van der Waals surface area contributed by atoms with E-state index in [0.29, 0.717) is 0 Å². The van der Waals surface area contributed by atoms with Crippen LogP contribution in [-0.4, -0.2) is 60.9 Å². The van der Waals surface area contributed by atoms with Crippen LogP contribution in [0.5, 0.6) is 0 Å². The fourth-order valence-electron chi connectivity index (χ4n) is 5.06. The van der Waals surface area contributed by atoms with Gasteiger partial charge in [0.1, 0.15) is 0 Å². The van der Waals surface area contributed by atoms with Crippen molar-refractivity contribution in [2.45, 2.75) is 64.7 Å². The molecule has 1 aromatic rings. The molecule has 166 valence electrons. The fraction of sp³-hybridized carbons (Fsp3) is 0.750. The Morgan fingerprint density at radius 1 is 1.10 bits per heavy atom. The van der Waals surface area contributed by atoms with Crippen molar-refractivity contribution in [3.05, 3.63) is 21.4 Å². The van der Waals surface area contributed by atoms with Crippen LogP contribution < -0.4 is 5.32 Å². The third-order valence-electron chi connectivity index (χ3n) is 7.13. The van der Waals surface area contributed by atoms with Gasteiger partial charge in [-0.15, -0.1) is 11.3 Å². The van der Waals surface area contributed by atoms with Crippen LogP contribution in [0.15, 0.2) is 6.07 Å². The molecule has 1 N–H and O–H groups in total. The molecule has 6 heteroatoms. The van der Waals surface area contributed by atoms with E-state index in [0.717, 1.165) is 75.5 Å². The Bertz CT molecular complexity index is 733. The maximum absolute atomic E-state index is 12.9. The molecule has 2 aliphatic heterocycles. The molecule has 3 aliphatic rings. The van der Waals surface area contributed by atoms with Gasteiger partial charge in [0.25, 0.3) is 5.91 Å². The lowest BCUT2D eigenvalue weighted by molar-refractivity contribution is -0.125. The Hall–Kier alpha value is -1.40. The monoisotopic (exact) mass is 431 g/mol. The zero-order valence-electron chi connectivity index (χ0n) is 18.5. The van der Waals surface area contributed by atoms with Gasteiger partial charge >= 0.3 is 0 Å². The number of thiophene rings is 1. The van der Waals surface area contributed by atoms with Gasteiger partial charge in [-0.1, -0.05) is 13.3 Å². The second-order valence-corrected chi connectivity index (χ2v) is 10.7. The van der Waals surface area contributed by atoms with E-state index in [1.807, 2.05) is 4.90 Å². The molecule has 0 aromatic carbocycles. The molecule has 1 aliphatic carbocycles. The molecule has 0 saturated carbocycles. The zero-order valence-corrected chi connectivity index (χ0v) is 19.3. The van der Waals surface area contributed by atoms with Crippen LogP contribution in [0, 0.1) is 11.8 Å². The third-order valence-corrected chi connectivity index (χ3v) is 8.36. The van der Waals surface area contributed by atoms with Gasteiger partial charge in [-0.3, -0.25) is 9.59 Å². The fourth-order valence-corrected chi connectivity index (χ4v) is 6.24. The van der Waals surface area contributed by atoms with Crippen molar-refractivity contribution >= 4 is 23.2 Å². The van der Waals surface area contributed by atoms with Crippen molar-refractivity contribution in [1.82, 2.24) is 15.1 Å². The predicted molar refractivity (Wildman–Crippen MR) is 122 cm³/mol. The number of carbonyl (C=O) groups excluding carboxylic acids is 2. The van der Waals surface area contributed by atoms with E-state index in [2.05, 4.69) is 23.2 Å². The molecule has 0 spiro atoms. The van der Waals surface area contributed by atoms with Crippen molar-refractivity contribution in [2.24, 2.45) is 11.8 Å². The predicted octanol–water partition coefficient (Wildman–Crippen LogP) is 3.72. The van der Waals surface area contributed by atoms with Crippen LogP contribution in [0.4, 0.5) is 0 Å². The first-order valence-electron chi connectivity index (χ1n) is 12.0. The molecule has 4 rings (SSSR count). The lowest BCUT2D eigenvalue weighted by Gasteiger charge is -2.29. The average Bonchev–Trinajstić information content (AvgIpc) is 3.21. The van der Waals surface area contributed by atoms with E-state index in [1.165, 1.54) is 42.8 Å². The van der Waals surface area contributed by atoms with Gasteiger partial charge in [0.15, 0.2) is 0 Å². The Labute approximate surface area is 185 Å². The van der Waals surface area contributed by atoms with Crippen LogP contribution in [0.2, 0.25) is 0 Å². The van der Waals surface area contributed by atoms with E-state index >= 15 is 0 Å². The molecule has 2 amide bonds. The first-order chi connectivity index (χ1) is 14.6. The topological polar surface area (TPSA) is 52.7 Å². The minimum absolute atomic E-state index is 0.0564. The molecule has 2 fully saturated rings. The lowest BCUT2D eigenvalue weighted by atomic mass is 9.87. The van der Waals surface area contributed by atoms with E-state index in [1.54, 1.807) is 11.3 Å². The van der Waals surface area contributed by atoms with Gasteiger partial charge in [-0.05, 0) is 88.5 Å². The Morgan fingerprint density at radius 2 is 1.87 bits per heavy atom. The highest BCUT2D eigenvalue weighted by atomic mass is 32.1. The Balaban J connectivity index is 1.24. The number of hydrogen-bond acceptors (Lipinski definition) is 4. The summed E-state index contributed by atoms with van der Waals surface area (Å²) in [5.74, 6) is 1.17. The quantitative estimate of drug-likeness (QED) is 0.699. The smallest absolute Gasteiger partial charge is 0.263 e. The van der Waals surface area contributed by atoms with Gasteiger partial charge in [0.2, 0.25) is 5.91 Å². The van der Waals surface area contributed by atoms with Gasteiger partial charge in [0.05, 0.1) is 4.88 Å². The molecule has 30 heavy (non-hydrogen) atoms. The number of aryl methyl sites for hydroxylation is 1. The second-order valence-electron chi connectivity index (χ2n) is 9.52. The molecule has 0 radical (unpaired) electrons. The van der Waals surface area contributed by atoms with Crippen molar-refractivity contribution in [3.8, 4) is 0 Å². The van der Waals surface area contributed by atoms with Crippen LogP contribution in [0.3, 0.4) is 0 Å². The third kappa shape index (κ3) is 5.44. The molecule has 0 bridgehead atoms. The summed E-state index contributed by atoms with van der Waals surface area (Å²) in [5.41, 5.74) is 1.23. The minimum atomic E-state index is 0.0564. The summed E-state index contributed by atoms with van der Waals surface area (Å²) in [4.78, 5) is 32.3. The molecule has 1 aromatic heterocycles. The first-order valence-corrected chi connectivity index (χ1v) is 12.8. The number of carbonyl (C=O) groups is 2. The van der Waals surface area contributed by atoms with Gasteiger partial charge < -0.3 is 15.1 Å². The molecule has 2 saturated heterocycles. The highest BCUT2D eigenvalue weighted by Gasteiger charge is 2.29. The normalized spacial score (nSPS) is 23.2. The van der Waals surface area contributed by atoms with Crippen LogP contribution in [0.1, 0.15) is 72.0 Å². The minimum Gasteiger partial charge on any atom is -0.356 e. The number of fused-ring (bicyclic) bond motifs is 1. The summed E-state index contributed by atoms with van der Waals surface area (Å²) in [6, 6.07) is 2.08. The lowest BCUT2D eigenvalue weighted by Crippen LogP contribution is -2.37. The van der Waals surface area contributed by atoms with Crippen LogP contribution in [0.25, 0.3) is 0 Å². The summed E-state index contributed by atoms with van der Waals surface area (Å²) in [6.45, 7) is 8.34. The largest absolute Gasteiger partial charge is 0.356 e. The SMILES string of the molecule is CC1CCN(C(=O)c2cc3c(s2)CCC(C(=O)NCCCN2CCCCC2)C3)CC1. The van der Waals surface area contributed by atoms with Crippen molar-refractivity contribution in [3.63, 3.8) is 0 Å². The standard InChI is InChI=1S/C24H37N3O2S/c1-18-8-14-27(15-9-18)24(29)22-17-20-16-19(6-7-21(20)30-22)23(28)25-10-5-13-26-11-3-2-4-12-26/h17-19H,2-16H2,1H3,(H,25,28). The van der Waals surface area contributed by atoms with Crippen molar-refractivity contribution < 1.29 is 9.59 Å². The number of piperidine rings is 2. The summed E-state index contributed by atoms with van der Waals surface area (Å²) in [6.07, 6.45) is 9.87. The first kappa shape index (κ1) is 21.8. The molecule has 1 unspecified atom stereocenters. The summed E-state index contributed by atoms with van der Waals surface area (Å²) in [7, 11) is 0. The maximum atomic E-state index is 12.9. The molecular weight excluding hydrogens is 394 g/mol. The van der Waals surface area contributed by atoms with Gasteiger partial charge in [-0.25, -0.2) is 0 Å². The molecular formula is C24H37N3O2S. The second kappa shape index (κ2) is 10.3. The number of rotatable bonds is 6. The number of hydrogen-bond donors (Lipinski definition) is 1. The highest BCUT2D eigenvalue weighted by Crippen LogP contribution is 2.33. The van der Waals surface area contributed by atoms with E-state index in [-0.39, 0.29) is 17.7 Å². The number of nitrogens with one attached hydrogen (secondary N) is 1. The average molecular weight is 432 g/mol. The molecule has 1 atom stereocenters. The maximum Gasteiger partial charge on any atom is 0.263 e. The van der Waals surface area contributed by atoms with Crippen LogP contribution >= 0.6 is 11.3 Å². The number of likely N-dealkylation sites (tertiary alicyclic amines) is 2. The number of amides is 2. The van der Waals surface area contributed by atoms with Gasteiger partial charge in [-0.2, -0.15) is 0 Å². The summed E-state index contributed by atoms with van der Waals surface area (Å²) in [5, 5.41) is 3.17. The molecule has 5 nitrogen and oxygen atoms in total. The Kier molecular flexibility index (Phi) is 7.47. The number of nitrogens with zero attached hydrogens (tertiary/aromatic N) is 2. The van der Waals surface area contributed by atoms with Crippen molar-refractivity contribution in [2.75, 3.05) is 39.3 Å². The van der Waals surface area contributed by atoms with E-state index < -0.39 is 0 Å². The molecule has 3 heterocycles. The summed E-state index contributed by atoms with van der Waals surface area (Å²) >= 11 is 1.66. The van der Waals surface area contributed by atoms with E-state index in [4.69, 9.17) is 0 Å².